The van der Waals surface area contributed by atoms with E-state index in [0.717, 1.165) is 0 Å². The van der Waals surface area contributed by atoms with Crippen molar-refractivity contribution in [3.8, 4) is 5.75 Å². The minimum Gasteiger partial charge on any atom is -0.423 e. The van der Waals surface area contributed by atoms with E-state index in [2.05, 4.69) is 10.6 Å². The number of carbonyl (C=O) groups is 2. The number of nitrogens with one attached hydrogen (secondary N) is 2. The molecule has 2 aromatic rings. The number of nitro benzene ring substituents is 1. The molecule has 0 spiro atoms. The molecule has 0 aliphatic carbocycles. The van der Waals surface area contributed by atoms with Crippen LogP contribution in [0.2, 0.25) is 0 Å². The zero-order valence-electron chi connectivity index (χ0n) is 12.4. The van der Waals surface area contributed by atoms with Gasteiger partial charge in [0.2, 0.25) is 5.91 Å². The molecular weight excluding hydrogens is 314 g/mol. The number of hydrogen-bond donors (Lipinski definition) is 2. The summed E-state index contributed by atoms with van der Waals surface area (Å²) in [4.78, 5) is 34.1. The first kappa shape index (κ1) is 15.5. The molecule has 1 atom stereocenters. The minimum absolute atomic E-state index is 0.0675. The van der Waals surface area contributed by atoms with Gasteiger partial charge in [-0.15, -0.1) is 0 Å². The summed E-state index contributed by atoms with van der Waals surface area (Å²) in [5.41, 5.74) is 0.988. The maximum atomic E-state index is 12.1. The standard InChI is InChI=1S/C16H13N3O5/c20-15(17-10-5-7-11(8-6-10)19(22)23)9-13-16(21)24-14-4-2-1-3-12(14)18-13/h1-8,13,18H,9H2,(H,17,20)/t13-/m0/s1. The smallest absolute Gasteiger partial charge is 0.334 e. The van der Waals surface area contributed by atoms with E-state index in [4.69, 9.17) is 4.74 Å². The van der Waals surface area contributed by atoms with Crippen LogP contribution in [-0.2, 0) is 9.59 Å². The van der Waals surface area contributed by atoms with Gasteiger partial charge in [0.05, 0.1) is 17.0 Å². The van der Waals surface area contributed by atoms with Crippen molar-refractivity contribution in [1.29, 1.82) is 0 Å². The molecule has 1 amide bonds. The van der Waals surface area contributed by atoms with E-state index in [1.165, 1.54) is 24.3 Å². The Bertz CT molecular complexity index is 804. The Morgan fingerprint density at radius 1 is 1.21 bits per heavy atom. The molecule has 1 aliphatic rings. The molecule has 24 heavy (non-hydrogen) atoms. The Labute approximate surface area is 136 Å². The summed E-state index contributed by atoms with van der Waals surface area (Å²) in [7, 11) is 0. The molecule has 0 aromatic heterocycles. The molecule has 3 rings (SSSR count). The number of anilines is 2. The molecule has 0 unspecified atom stereocenters. The summed E-state index contributed by atoms with van der Waals surface area (Å²) < 4.78 is 5.18. The zero-order valence-corrected chi connectivity index (χ0v) is 12.4. The first-order chi connectivity index (χ1) is 11.5. The highest BCUT2D eigenvalue weighted by atomic mass is 16.6. The summed E-state index contributed by atoms with van der Waals surface area (Å²) in [6.45, 7) is 0. The number of fused-ring (bicyclic) bond motifs is 1. The lowest BCUT2D eigenvalue weighted by Crippen LogP contribution is -2.39. The van der Waals surface area contributed by atoms with E-state index >= 15 is 0 Å². The van der Waals surface area contributed by atoms with Crippen LogP contribution in [0.3, 0.4) is 0 Å². The molecule has 0 bridgehead atoms. The van der Waals surface area contributed by atoms with Crippen molar-refractivity contribution in [2.45, 2.75) is 12.5 Å². The number of hydrogen-bond acceptors (Lipinski definition) is 6. The second kappa shape index (κ2) is 6.37. The van der Waals surface area contributed by atoms with E-state index in [1.807, 2.05) is 0 Å². The molecule has 0 fully saturated rings. The first-order valence-corrected chi connectivity index (χ1v) is 7.14. The summed E-state index contributed by atoms with van der Waals surface area (Å²) in [5, 5.41) is 16.1. The van der Waals surface area contributed by atoms with E-state index in [0.29, 0.717) is 17.1 Å². The summed E-state index contributed by atoms with van der Waals surface area (Å²) in [6.07, 6.45) is -0.121. The number of nitrogens with zero attached hydrogens (tertiary/aromatic N) is 1. The molecule has 8 heteroatoms. The fourth-order valence-corrected chi connectivity index (χ4v) is 2.30. The van der Waals surface area contributed by atoms with E-state index in [9.17, 15) is 19.7 Å². The first-order valence-electron chi connectivity index (χ1n) is 7.14. The molecule has 0 saturated carbocycles. The number of esters is 1. The normalized spacial score (nSPS) is 15.7. The van der Waals surface area contributed by atoms with Crippen LogP contribution in [0, 0.1) is 10.1 Å². The molecular formula is C16H13N3O5. The van der Waals surface area contributed by atoms with E-state index in [-0.39, 0.29) is 12.1 Å². The maximum Gasteiger partial charge on any atom is 0.334 e. The number of amides is 1. The van der Waals surface area contributed by atoms with Gasteiger partial charge in [0.15, 0.2) is 5.75 Å². The molecule has 2 N–H and O–H groups in total. The number of rotatable bonds is 4. The van der Waals surface area contributed by atoms with Gasteiger partial charge >= 0.3 is 5.97 Å². The summed E-state index contributed by atoms with van der Waals surface area (Å²) >= 11 is 0. The number of ether oxygens (including phenoxy) is 1. The maximum absolute atomic E-state index is 12.1. The zero-order chi connectivity index (χ0) is 17.1. The Balaban J connectivity index is 1.63. The largest absolute Gasteiger partial charge is 0.423 e. The lowest BCUT2D eigenvalue weighted by molar-refractivity contribution is -0.384. The molecule has 8 nitrogen and oxygen atoms in total. The second-order valence-corrected chi connectivity index (χ2v) is 5.17. The van der Waals surface area contributed by atoms with Crippen LogP contribution < -0.4 is 15.4 Å². The molecule has 1 aliphatic heterocycles. The Hall–Kier alpha value is -3.42. The van der Waals surface area contributed by atoms with Crippen molar-refractivity contribution in [1.82, 2.24) is 0 Å². The van der Waals surface area contributed by atoms with Crippen LogP contribution in [0.15, 0.2) is 48.5 Å². The second-order valence-electron chi connectivity index (χ2n) is 5.17. The van der Waals surface area contributed by atoms with Crippen LogP contribution in [-0.4, -0.2) is 22.8 Å². The summed E-state index contributed by atoms with van der Waals surface area (Å²) in [6, 6.07) is 11.6. The van der Waals surface area contributed by atoms with Crippen molar-refractivity contribution in [2.24, 2.45) is 0 Å². The quantitative estimate of drug-likeness (QED) is 0.386. The fraction of sp³-hybridized carbons (Fsp3) is 0.125. The average Bonchev–Trinajstić information content (AvgIpc) is 2.56. The molecule has 0 radical (unpaired) electrons. The monoisotopic (exact) mass is 327 g/mol. The van der Waals surface area contributed by atoms with Crippen molar-refractivity contribution in [3.05, 3.63) is 58.6 Å². The van der Waals surface area contributed by atoms with Crippen LogP contribution in [0.1, 0.15) is 6.42 Å². The van der Waals surface area contributed by atoms with Crippen LogP contribution in [0.5, 0.6) is 5.75 Å². The van der Waals surface area contributed by atoms with Gasteiger partial charge in [0.1, 0.15) is 6.04 Å². The third-order valence-electron chi connectivity index (χ3n) is 3.46. The highest BCUT2D eigenvalue weighted by Crippen LogP contribution is 2.29. The number of para-hydroxylation sites is 2. The van der Waals surface area contributed by atoms with Crippen LogP contribution in [0.4, 0.5) is 17.1 Å². The van der Waals surface area contributed by atoms with Crippen LogP contribution in [0.25, 0.3) is 0 Å². The Kier molecular flexibility index (Phi) is 4.11. The highest BCUT2D eigenvalue weighted by Gasteiger charge is 2.29. The predicted molar refractivity (Wildman–Crippen MR) is 85.8 cm³/mol. The van der Waals surface area contributed by atoms with Gasteiger partial charge in [-0.05, 0) is 24.3 Å². The van der Waals surface area contributed by atoms with Crippen molar-refractivity contribution >= 4 is 28.9 Å². The third kappa shape index (κ3) is 3.32. The highest BCUT2D eigenvalue weighted by molar-refractivity contribution is 5.97. The van der Waals surface area contributed by atoms with Gasteiger partial charge < -0.3 is 15.4 Å². The minimum atomic E-state index is -0.794. The Morgan fingerprint density at radius 2 is 1.92 bits per heavy atom. The summed E-state index contributed by atoms with van der Waals surface area (Å²) in [5.74, 6) is -0.514. The average molecular weight is 327 g/mol. The van der Waals surface area contributed by atoms with Crippen molar-refractivity contribution in [3.63, 3.8) is 0 Å². The molecule has 1 heterocycles. The molecule has 0 saturated heterocycles. The van der Waals surface area contributed by atoms with Crippen LogP contribution >= 0.6 is 0 Å². The van der Waals surface area contributed by atoms with E-state index < -0.39 is 22.8 Å². The van der Waals surface area contributed by atoms with Gasteiger partial charge in [0, 0.05) is 17.8 Å². The fourth-order valence-electron chi connectivity index (χ4n) is 2.30. The topological polar surface area (TPSA) is 111 Å². The predicted octanol–water partition coefficient (Wildman–Crippen LogP) is 2.32. The lowest BCUT2D eigenvalue weighted by atomic mass is 10.1. The van der Waals surface area contributed by atoms with Gasteiger partial charge in [-0.2, -0.15) is 0 Å². The van der Waals surface area contributed by atoms with Gasteiger partial charge in [-0.3, -0.25) is 14.9 Å². The molecule has 122 valence electrons. The molecule has 2 aromatic carbocycles. The lowest BCUT2D eigenvalue weighted by Gasteiger charge is -2.24. The Morgan fingerprint density at radius 3 is 2.62 bits per heavy atom. The van der Waals surface area contributed by atoms with E-state index in [1.54, 1.807) is 24.3 Å². The third-order valence-corrected chi connectivity index (χ3v) is 3.46. The number of carbonyl (C=O) groups excluding carboxylic acids is 2. The number of nitro groups is 1. The SMILES string of the molecule is O=C(C[C@@H]1Nc2ccccc2OC1=O)Nc1ccc([N+](=O)[O-])cc1. The van der Waals surface area contributed by atoms with Gasteiger partial charge in [-0.25, -0.2) is 4.79 Å². The van der Waals surface area contributed by atoms with Gasteiger partial charge in [-0.1, -0.05) is 12.1 Å². The number of non-ortho nitro benzene ring substituents is 1. The van der Waals surface area contributed by atoms with Crippen molar-refractivity contribution < 1.29 is 19.2 Å². The van der Waals surface area contributed by atoms with Gasteiger partial charge in [0.25, 0.3) is 5.69 Å². The number of benzene rings is 2. The van der Waals surface area contributed by atoms with Crippen molar-refractivity contribution in [2.75, 3.05) is 10.6 Å².